The average Bonchev–Trinajstić information content (AvgIpc) is 3.05. The molecule has 1 aliphatic rings. The van der Waals surface area contributed by atoms with Gasteiger partial charge in [-0.3, -0.25) is 9.80 Å². The molecule has 0 amide bonds. The maximum Gasteiger partial charge on any atom is 0.327 e. The Morgan fingerprint density at radius 1 is 1.07 bits per heavy atom. The Morgan fingerprint density at radius 3 is 2.40 bits per heavy atom. The van der Waals surface area contributed by atoms with Gasteiger partial charge >= 0.3 is 5.97 Å². The third-order valence-corrected chi connectivity index (χ3v) is 6.17. The number of benzene rings is 2. The number of imidazole rings is 1. The fraction of sp³-hybridized carbons (Fsp3) is 0.364. The lowest BCUT2D eigenvalue weighted by Gasteiger charge is -2.38. The molecule has 2 aromatic carbocycles. The van der Waals surface area contributed by atoms with Crippen molar-refractivity contribution in [3.05, 3.63) is 63.9 Å². The molecule has 2 heterocycles. The van der Waals surface area contributed by atoms with Crippen LogP contribution in [0.3, 0.4) is 0 Å². The lowest BCUT2D eigenvalue weighted by molar-refractivity contribution is -0.148. The number of esters is 1. The first-order valence-electron chi connectivity index (χ1n) is 9.87. The molecule has 6 nitrogen and oxygen atoms in total. The molecule has 0 aliphatic carbocycles. The lowest BCUT2D eigenvalue weighted by Crippen LogP contribution is -2.49. The highest BCUT2D eigenvalue weighted by Crippen LogP contribution is 2.26. The summed E-state index contributed by atoms with van der Waals surface area (Å²) in [5.41, 5.74) is 2.88. The van der Waals surface area contributed by atoms with Crippen LogP contribution in [-0.2, 0) is 23.1 Å². The van der Waals surface area contributed by atoms with Gasteiger partial charge in [0.1, 0.15) is 11.9 Å². The van der Waals surface area contributed by atoms with Crippen molar-refractivity contribution in [2.45, 2.75) is 12.6 Å². The largest absolute Gasteiger partial charge is 0.468 e. The number of aryl methyl sites for hydroxylation is 1. The summed E-state index contributed by atoms with van der Waals surface area (Å²) in [5, 5.41) is 1.34. The minimum Gasteiger partial charge on any atom is -0.468 e. The van der Waals surface area contributed by atoms with E-state index in [0.717, 1.165) is 55.1 Å². The summed E-state index contributed by atoms with van der Waals surface area (Å²) in [5.74, 6) is 0.751. The van der Waals surface area contributed by atoms with Crippen molar-refractivity contribution < 1.29 is 9.53 Å². The molecule has 1 fully saturated rings. The van der Waals surface area contributed by atoms with Gasteiger partial charge in [-0.25, -0.2) is 9.78 Å². The number of rotatable bonds is 5. The molecule has 0 saturated carbocycles. The SMILES string of the molecule is COC(=O)C(c1ccc(Cl)cc1)N1CCN(Cc2nc3cc(Cl)ccc3n2C)CC1. The number of nitrogens with zero attached hydrogens (tertiary/aromatic N) is 4. The Morgan fingerprint density at radius 2 is 1.73 bits per heavy atom. The molecule has 0 radical (unpaired) electrons. The second kappa shape index (κ2) is 8.94. The Kier molecular flexibility index (Phi) is 6.29. The van der Waals surface area contributed by atoms with Crippen molar-refractivity contribution in [1.82, 2.24) is 19.4 Å². The number of fused-ring (bicyclic) bond motifs is 1. The number of hydrogen-bond donors (Lipinski definition) is 0. The molecule has 8 heteroatoms. The molecule has 1 atom stereocenters. The highest BCUT2D eigenvalue weighted by molar-refractivity contribution is 6.31. The molecule has 30 heavy (non-hydrogen) atoms. The van der Waals surface area contributed by atoms with Crippen LogP contribution in [0.2, 0.25) is 10.0 Å². The van der Waals surface area contributed by atoms with Crippen LogP contribution in [0.1, 0.15) is 17.4 Å². The van der Waals surface area contributed by atoms with Crippen molar-refractivity contribution in [3.63, 3.8) is 0 Å². The van der Waals surface area contributed by atoms with E-state index in [4.69, 9.17) is 32.9 Å². The summed E-state index contributed by atoms with van der Waals surface area (Å²) in [6.07, 6.45) is 0. The number of aromatic nitrogens is 2. The standard InChI is InChI=1S/C22H24Cl2N4O2/c1-26-19-8-7-17(24)13-18(19)25-20(26)14-27-9-11-28(12-10-27)21(22(29)30-2)15-3-5-16(23)6-4-15/h3-8,13,21H,9-12,14H2,1-2H3. The fourth-order valence-corrected chi connectivity index (χ4v) is 4.29. The van der Waals surface area contributed by atoms with Crippen molar-refractivity contribution in [1.29, 1.82) is 0 Å². The first-order chi connectivity index (χ1) is 14.5. The lowest BCUT2D eigenvalue weighted by atomic mass is 10.0. The number of carbonyl (C=O) groups excluding carboxylic acids is 1. The number of hydrogen-bond acceptors (Lipinski definition) is 5. The van der Waals surface area contributed by atoms with Gasteiger partial charge in [0, 0.05) is 43.3 Å². The quantitative estimate of drug-likeness (QED) is 0.556. The molecule has 0 spiro atoms. The summed E-state index contributed by atoms with van der Waals surface area (Å²) in [4.78, 5) is 21.8. The predicted octanol–water partition coefficient (Wildman–Crippen LogP) is 3.91. The number of carbonyl (C=O) groups is 1. The molecule has 1 aliphatic heterocycles. The van der Waals surface area contributed by atoms with Gasteiger partial charge in [0.2, 0.25) is 0 Å². The topological polar surface area (TPSA) is 50.6 Å². The number of piperazine rings is 1. The van der Waals surface area contributed by atoms with Gasteiger partial charge in [0.25, 0.3) is 0 Å². The number of methoxy groups -OCH3 is 1. The Balaban J connectivity index is 1.45. The Hall–Kier alpha value is -2.12. The molecule has 1 aromatic heterocycles. The van der Waals surface area contributed by atoms with Crippen molar-refractivity contribution in [2.75, 3.05) is 33.3 Å². The summed E-state index contributed by atoms with van der Waals surface area (Å²) in [6.45, 7) is 3.95. The number of halogens is 2. The molecular formula is C22H24Cl2N4O2. The smallest absolute Gasteiger partial charge is 0.327 e. The van der Waals surface area contributed by atoms with E-state index in [2.05, 4.69) is 14.4 Å². The van der Waals surface area contributed by atoms with E-state index in [0.29, 0.717) is 10.0 Å². The maximum absolute atomic E-state index is 12.5. The second-order valence-corrected chi connectivity index (χ2v) is 8.38. The molecule has 158 valence electrons. The van der Waals surface area contributed by atoms with E-state index < -0.39 is 6.04 Å². The summed E-state index contributed by atoms with van der Waals surface area (Å²) >= 11 is 12.1. The van der Waals surface area contributed by atoms with Gasteiger partial charge in [0.15, 0.2) is 0 Å². The molecule has 0 N–H and O–H groups in total. The predicted molar refractivity (Wildman–Crippen MR) is 119 cm³/mol. The van der Waals surface area contributed by atoms with Crippen molar-refractivity contribution in [2.24, 2.45) is 7.05 Å². The van der Waals surface area contributed by atoms with Gasteiger partial charge in [-0.05, 0) is 35.9 Å². The fourth-order valence-electron chi connectivity index (χ4n) is 4.00. The monoisotopic (exact) mass is 446 g/mol. The van der Waals surface area contributed by atoms with E-state index in [1.54, 1.807) is 12.1 Å². The zero-order valence-corrected chi connectivity index (χ0v) is 18.5. The molecule has 4 rings (SSSR count). The Bertz CT molecular complexity index is 1040. The average molecular weight is 447 g/mol. The normalized spacial score (nSPS) is 16.7. The minimum atomic E-state index is -0.424. The van der Waals surface area contributed by atoms with E-state index in [9.17, 15) is 4.79 Å². The highest BCUT2D eigenvalue weighted by atomic mass is 35.5. The summed E-state index contributed by atoms with van der Waals surface area (Å²) in [6, 6.07) is 12.7. The first-order valence-corrected chi connectivity index (χ1v) is 10.6. The van der Waals surface area contributed by atoms with E-state index in [1.807, 2.05) is 37.4 Å². The van der Waals surface area contributed by atoms with Gasteiger partial charge in [-0.15, -0.1) is 0 Å². The van der Waals surface area contributed by atoms with E-state index in [1.165, 1.54) is 7.11 Å². The van der Waals surface area contributed by atoms with Crippen LogP contribution < -0.4 is 0 Å². The van der Waals surface area contributed by atoms with Gasteiger partial charge < -0.3 is 9.30 Å². The molecule has 0 bridgehead atoms. The summed E-state index contributed by atoms with van der Waals surface area (Å²) in [7, 11) is 3.46. The first kappa shape index (κ1) is 21.1. The van der Waals surface area contributed by atoms with Gasteiger partial charge in [0.05, 0.1) is 24.7 Å². The zero-order chi connectivity index (χ0) is 21.3. The van der Waals surface area contributed by atoms with Gasteiger partial charge in [-0.2, -0.15) is 0 Å². The van der Waals surface area contributed by atoms with Crippen LogP contribution in [0, 0.1) is 0 Å². The zero-order valence-electron chi connectivity index (χ0n) is 17.0. The molecule has 1 unspecified atom stereocenters. The van der Waals surface area contributed by atoms with E-state index >= 15 is 0 Å². The third kappa shape index (κ3) is 4.32. The van der Waals surface area contributed by atoms with Gasteiger partial charge in [-0.1, -0.05) is 35.3 Å². The number of ether oxygens (including phenoxy) is 1. The van der Waals surface area contributed by atoms with Crippen LogP contribution in [-0.4, -0.2) is 58.6 Å². The van der Waals surface area contributed by atoms with Crippen LogP contribution in [0.25, 0.3) is 11.0 Å². The second-order valence-electron chi connectivity index (χ2n) is 7.51. The third-order valence-electron chi connectivity index (χ3n) is 5.68. The maximum atomic E-state index is 12.5. The molecule has 3 aromatic rings. The highest BCUT2D eigenvalue weighted by Gasteiger charge is 2.31. The van der Waals surface area contributed by atoms with Crippen LogP contribution in [0.15, 0.2) is 42.5 Å². The van der Waals surface area contributed by atoms with Crippen LogP contribution >= 0.6 is 23.2 Å². The van der Waals surface area contributed by atoms with E-state index in [-0.39, 0.29) is 5.97 Å². The van der Waals surface area contributed by atoms with Crippen molar-refractivity contribution >= 4 is 40.2 Å². The summed E-state index contributed by atoms with van der Waals surface area (Å²) < 4.78 is 7.19. The van der Waals surface area contributed by atoms with Crippen LogP contribution in [0.4, 0.5) is 0 Å². The van der Waals surface area contributed by atoms with Crippen molar-refractivity contribution in [3.8, 4) is 0 Å². The molecule has 1 saturated heterocycles. The Labute approximate surface area is 185 Å². The van der Waals surface area contributed by atoms with Crippen LogP contribution in [0.5, 0.6) is 0 Å². The minimum absolute atomic E-state index is 0.252. The molecular weight excluding hydrogens is 423 g/mol.